The second kappa shape index (κ2) is 5.56. The number of carbonyl (C=O) groups is 1. The third-order valence-corrected chi connectivity index (χ3v) is 3.32. The number of carbonyl (C=O) groups excluding carboxylic acids is 1. The lowest BCUT2D eigenvalue weighted by Gasteiger charge is -2.34. The van der Waals surface area contributed by atoms with E-state index in [0.29, 0.717) is 11.7 Å². The van der Waals surface area contributed by atoms with Crippen molar-refractivity contribution in [1.29, 1.82) is 0 Å². The van der Waals surface area contributed by atoms with E-state index in [1.165, 1.54) is 0 Å². The molecule has 0 radical (unpaired) electrons. The quantitative estimate of drug-likeness (QED) is 0.836. The molecule has 96 valence electrons. The highest BCUT2D eigenvalue weighted by atomic mass is 35.5. The first-order valence-electron chi connectivity index (χ1n) is 5.68. The fourth-order valence-electron chi connectivity index (χ4n) is 2.08. The van der Waals surface area contributed by atoms with Gasteiger partial charge in [-0.2, -0.15) is 0 Å². The highest BCUT2D eigenvalue weighted by Crippen LogP contribution is 2.19. The fourth-order valence-corrected chi connectivity index (χ4v) is 2.08. The second-order valence-electron chi connectivity index (χ2n) is 4.61. The van der Waals surface area contributed by atoms with Gasteiger partial charge in [0.25, 0.3) is 5.91 Å². The van der Waals surface area contributed by atoms with Crippen LogP contribution in [0.1, 0.15) is 29.5 Å². The maximum absolute atomic E-state index is 12.1. The fraction of sp³-hybridized carbons (Fsp3) is 0.583. The molecular weight excluding hydrogens is 240 g/mol. The van der Waals surface area contributed by atoms with Crippen molar-refractivity contribution in [2.75, 3.05) is 13.1 Å². The minimum Gasteiger partial charge on any atom is -0.459 e. The number of nitrogens with two attached hydrogens (primary N) is 1. The van der Waals surface area contributed by atoms with Crippen molar-refractivity contribution in [3.05, 3.63) is 23.7 Å². The van der Waals surface area contributed by atoms with Crippen molar-refractivity contribution in [1.82, 2.24) is 4.90 Å². The summed E-state index contributed by atoms with van der Waals surface area (Å²) in [5.41, 5.74) is 6.82. The summed E-state index contributed by atoms with van der Waals surface area (Å²) < 4.78 is 5.22. The third-order valence-electron chi connectivity index (χ3n) is 3.32. The Labute approximate surface area is 108 Å². The zero-order valence-electron chi connectivity index (χ0n) is 10.2. The maximum Gasteiger partial charge on any atom is 0.289 e. The molecule has 1 aromatic heterocycles. The van der Waals surface area contributed by atoms with Crippen LogP contribution >= 0.6 is 12.4 Å². The minimum atomic E-state index is -0.0127. The van der Waals surface area contributed by atoms with Gasteiger partial charge in [-0.15, -0.1) is 12.4 Å². The van der Waals surface area contributed by atoms with Crippen LogP contribution in [0.15, 0.2) is 16.7 Å². The number of likely N-dealkylation sites (tertiary alicyclic amines) is 1. The summed E-state index contributed by atoms with van der Waals surface area (Å²) in [6.07, 6.45) is 2.42. The highest BCUT2D eigenvalue weighted by molar-refractivity contribution is 5.92. The van der Waals surface area contributed by atoms with Crippen molar-refractivity contribution in [3.8, 4) is 0 Å². The van der Waals surface area contributed by atoms with E-state index >= 15 is 0 Å². The summed E-state index contributed by atoms with van der Waals surface area (Å²) in [5, 5.41) is 0. The SMILES string of the molecule is Cc1ccoc1C(=O)N1CCC(N)C(C)C1.Cl. The summed E-state index contributed by atoms with van der Waals surface area (Å²) in [7, 11) is 0. The van der Waals surface area contributed by atoms with E-state index in [4.69, 9.17) is 10.2 Å². The van der Waals surface area contributed by atoms with Gasteiger partial charge in [-0.25, -0.2) is 0 Å². The van der Waals surface area contributed by atoms with E-state index in [1.54, 1.807) is 6.26 Å². The summed E-state index contributed by atoms with van der Waals surface area (Å²) >= 11 is 0. The Bertz CT molecular complexity index is 392. The number of hydrogen-bond donors (Lipinski definition) is 1. The number of nitrogens with zero attached hydrogens (tertiary/aromatic N) is 1. The van der Waals surface area contributed by atoms with Gasteiger partial charge in [0, 0.05) is 24.7 Å². The first kappa shape index (κ1) is 14.1. The predicted octanol–water partition coefficient (Wildman–Crippen LogP) is 1.82. The van der Waals surface area contributed by atoms with Gasteiger partial charge in [0.05, 0.1) is 6.26 Å². The summed E-state index contributed by atoms with van der Waals surface area (Å²) in [5.74, 6) is 0.803. The van der Waals surface area contributed by atoms with E-state index in [0.717, 1.165) is 25.1 Å². The Balaban J connectivity index is 0.00000144. The molecule has 1 aliphatic rings. The van der Waals surface area contributed by atoms with E-state index in [-0.39, 0.29) is 24.4 Å². The van der Waals surface area contributed by atoms with Crippen LogP contribution in [0.25, 0.3) is 0 Å². The van der Waals surface area contributed by atoms with Crippen LogP contribution in [0.4, 0.5) is 0 Å². The average molecular weight is 259 g/mol. The Morgan fingerprint density at radius 3 is 2.82 bits per heavy atom. The van der Waals surface area contributed by atoms with Crippen molar-refractivity contribution in [2.45, 2.75) is 26.3 Å². The van der Waals surface area contributed by atoms with Crippen molar-refractivity contribution < 1.29 is 9.21 Å². The van der Waals surface area contributed by atoms with Crippen LogP contribution in [-0.4, -0.2) is 29.9 Å². The molecule has 1 fully saturated rings. The number of aryl methyl sites for hydroxylation is 1. The zero-order chi connectivity index (χ0) is 11.7. The molecule has 0 saturated carbocycles. The van der Waals surface area contributed by atoms with Gasteiger partial charge in [0.2, 0.25) is 0 Å². The molecular formula is C12H19ClN2O2. The first-order valence-corrected chi connectivity index (χ1v) is 5.68. The van der Waals surface area contributed by atoms with Gasteiger partial charge in [0.1, 0.15) is 0 Å². The molecule has 2 heterocycles. The molecule has 1 saturated heterocycles. The van der Waals surface area contributed by atoms with Crippen LogP contribution in [0, 0.1) is 12.8 Å². The Morgan fingerprint density at radius 1 is 1.59 bits per heavy atom. The molecule has 2 rings (SSSR count). The summed E-state index contributed by atoms with van der Waals surface area (Å²) in [6, 6.07) is 2.02. The molecule has 2 unspecified atom stereocenters. The molecule has 2 atom stereocenters. The van der Waals surface area contributed by atoms with Gasteiger partial charge in [-0.3, -0.25) is 4.79 Å². The molecule has 5 heteroatoms. The van der Waals surface area contributed by atoms with Crippen LogP contribution < -0.4 is 5.73 Å². The molecule has 0 aromatic carbocycles. The van der Waals surface area contributed by atoms with Crippen LogP contribution in [-0.2, 0) is 0 Å². The number of furan rings is 1. The number of rotatable bonds is 1. The highest BCUT2D eigenvalue weighted by Gasteiger charge is 2.28. The predicted molar refractivity (Wildman–Crippen MR) is 68.4 cm³/mol. The molecule has 1 aromatic rings. The zero-order valence-corrected chi connectivity index (χ0v) is 11.0. The monoisotopic (exact) mass is 258 g/mol. The Hall–Kier alpha value is -1.00. The van der Waals surface area contributed by atoms with Crippen LogP contribution in [0.5, 0.6) is 0 Å². The molecule has 0 aliphatic carbocycles. The standard InChI is InChI=1S/C12H18N2O2.ClH/c1-8-4-6-16-11(8)12(15)14-5-3-10(13)9(2)7-14;/h4,6,9-10H,3,5,7,13H2,1-2H3;1H. The Morgan fingerprint density at radius 2 is 2.29 bits per heavy atom. The molecule has 2 N–H and O–H groups in total. The number of hydrogen-bond acceptors (Lipinski definition) is 3. The largest absolute Gasteiger partial charge is 0.459 e. The molecule has 17 heavy (non-hydrogen) atoms. The topological polar surface area (TPSA) is 59.5 Å². The van der Waals surface area contributed by atoms with Gasteiger partial charge in [-0.05, 0) is 25.3 Å². The molecule has 0 bridgehead atoms. The minimum absolute atomic E-state index is 0. The average Bonchev–Trinajstić information content (AvgIpc) is 2.67. The summed E-state index contributed by atoms with van der Waals surface area (Å²) in [4.78, 5) is 14.0. The van der Waals surface area contributed by atoms with E-state index in [1.807, 2.05) is 17.9 Å². The Kier molecular flexibility index (Phi) is 4.60. The van der Waals surface area contributed by atoms with Crippen molar-refractivity contribution >= 4 is 18.3 Å². The molecule has 4 nitrogen and oxygen atoms in total. The lowest BCUT2D eigenvalue weighted by molar-refractivity contribution is 0.0631. The number of piperidine rings is 1. The number of halogens is 1. The van der Waals surface area contributed by atoms with Crippen molar-refractivity contribution in [2.24, 2.45) is 11.7 Å². The van der Waals surface area contributed by atoms with Gasteiger partial charge < -0.3 is 15.1 Å². The lowest BCUT2D eigenvalue weighted by Crippen LogP contribution is -2.48. The van der Waals surface area contributed by atoms with Gasteiger partial charge in [0.15, 0.2) is 5.76 Å². The van der Waals surface area contributed by atoms with E-state index in [2.05, 4.69) is 6.92 Å². The third kappa shape index (κ3) is 2.82. The molecule has 1 amide bonds. The number of amides is 1. The van der Waals surface area contributed by atoms with Gasteiger partial charge in [-0.1, -0.05) is 6.92 Å². The second-order valence-corrected chi connectivity index (χ2v) is 4.61. The molecule has 0 spiro atoms. The van der Waals surface area contributed by atoms with Crippen molar-refractivity contribution in [3.63, 3.8) is 0 Å². The smallest absolute Gasteiger partial charge is 0.289 e. The van der Waals surface area contributed by atoms with Crippen LogP contribution in [0.3, 0.4) is 0 Å². The lowest BCUT2D eigenvalue weighted by atomic mass is 9.94. The normalized spacial score (nSPS) is 24.3. The van der Waals surface area contributed by atoms with E-state index in [9.17, 15) is 4.79 Å². The first-order chi connectivity index (χ1) is 7.59. The van der Waals surface area contributed by atoms with Gasteiger partial charge >= 0.3 is 0 Å². The van der Waals surface area contributed by atoms with E-state index < -0.39 is 0 Å². The maximum atomic E-state index is 12.1. The molecule has 1 aliphatic heterocycles. The summed E-state index contributed by atoms with van der Waals surface area (Å²) in [6.45, 7) is 5.42. The van der Waals surface area contributed by atoms with Crippen LogP contribution in [0.2, 0.25) is 0 Å².